The normalized spacial score (nSPS) is 10.9. The predicted octanol–water partition coefficient (Wildman–Crippen LogP) is 2.23. The van der Waals surface area contributed by atoms with Gasteiger partial charge in [0.25, 0.3) is 0 Å². The number of carbonyl (C=O) groups excluding carboxylic acids is 1. The van der Waals surface area contributed by atoms with Crippen LogP contribution in [0.4, 0.5) is 0 Å². The Kier molecular flexibility index (Phi) is 5.80. The highest BCUT2D eigenvalue weighted by Gasteiger charge is 2.28. The van der Waals surface area contributed by atoms with E-state index in [1.807, 2.05) is 13.8 Å². The highest BCUT2D eigenvalue weighted by atomic mass is 16.7. The summed E-state index contributed by atoms with van der Waals surface area (Å²) in [5.74, 6) is -0.0801. The van der Waals surface area contributed by atoms with Gasteiger partial charge >= 0.3 is 5.97 Å². The minimum Gasteiger partial charge on any atom is -0.462 e. The molecule has 0 bridgehead atoms. The van der Waals surface area contributed by atoms with Crippen molar-refractivity contribution in [3.8, 4) is 0 Å². The van der Waals surface area contributed by atoms with Gasteiger partial charge in [0.2, 0.25) is 6.29 Å². The van der Waals surface area contributed by atoms with E-state index in [1.54, 1.807) is 13.8 Å². The highest BCUT2D eigenvalue weighted by molar-refractivity contribution is 5.91. The molecule has 0 radical (unpaired) electrons. The molecule has 0 N–H and O–H groups in total. The summed E-state index contributed by atoms with van der Waals surface area (Å²) in [7, 11) is 0. The van der Waals surface area contributed by atoms with E-state index in [0.717, 1.165) is 0 Å². The van der Waals surface area contributed by atoms with Crippen LogP contribution in [0.15, 0.2) is 4.52 Å². The maximum Gasteiger partial charge on any atom is 0.343 e. The third-order valence-electron chi connectivity index (χ3n) is 2.23. The summed E-state index contributed by atoms with van der Waals surface area (Å²) in [5, 5.41) is 3.83. The Morgan fingerprint density at radius 2 is 1.83 bits per heavy atom. The quantitative estimate of drug-likeness (QED) is 0.551. The van der Waals surface area contributed by atoms with E-state index >= 15 is 0 Å². The summed E-state index contributed by atoms with van der Waals surface area (Å²) < 4.78 is 20.8. The predicted molar refractivity (Wildman–Crippen MR) is 63.2 cm³/mol. The molecule has 18 heavy (non-hydrogen) atoms. The number of ether oxygens (including phenoxy) is 3. The Morgan fingerprint density at radius 3 is 2.33 bits per heavy atom. The van der Waals surface area contributed by atoms with Gasteiger partial charge in [-0.05, 0) is 27.7 Å². The van der Waals surface area contributed by atoms with Gasteiger partial charge in [0.15, 0.2) is 5.69 Å². The molecule has 0 saturated carbocycles. The van der Waals surface area contributed by atoms with Crippen molar-refractivity contribution in [2.24, 2.45) is 0 Å². The molecule has 0 amide bonds. The zero-order valence-corrected chi connectivity index (χ0v) is 11.2. The number of hydrogen-bond acceptors (Lipinski definition) is 6. The molecule has 0 aliphatic rings. The molecular weight excluding hydrogens is 238 g/mol. The standard InChI is InChI=1S/C12H19NO5/c1-5-15-11(14)9-8(4)18-13-10(9)12(16-6-2)17-7-3/h12H,5-7H2,1-4H3. The van der Waals surface area contributed by atoms with Crippen LogP contribution in [-0.2, 0) is 14.2 Å². The maximum absolute atomic E-state index is 11.8. The molecule has 0 saturated heterocycles. The maximum atomic E-state index is 11.8. The van der Waals surface area contributed by atoms with Crippen molar-refractivity contribution in [3.63, 3.8) is 0 Å². The largest absolute Gasteiger partial charge is 0.462 e. The molecule has 0 unspecified atom stereocenters. The summed E-state index contributed by atoms with van der Waals surface area (Å²) in [6, 6.07) is 0. The van der Waals surface area contributed by atoms with Crippen LogP contribution in [0.5, 0.6) is 0 Å². The molecule has 6 nitrogen and oxygen atoms in total. The molecule has 0 aromatic carbocycles. The molecular formula is C12H19NO5. The van der Waals surface area contributed by atoms with E-state index in [1.165, 1.54) is 0 Å². The molecule has 0 fully saturated rings. The van der Waals surface area contributed by atoms with Crippen LogP contribution in [0.25, 0.3) is 0 Å². The Balaban J connectivity index is 3.02. The van der Waals surface area contributed by atoms with E-state index in [9.17, 15) is 4.79 Å². The number of aryl methyl sites for hydroxylation is 1. The van der Waals surface area contributed by atoms with Gasteiger partial charge < -0.3 is 18.7 Å². The van der Waals surface area contributed by atoms with Crippen LogP contribution < -0.4 is 0 Å². The summed E-state index contributed by atoms with van der Waals surface area (Å²) >= 11 is 0. The van der Waals surface area contributed by atoms with E-state index in [-0.39, 0.29) is 12.2 Å². The molecule has 102 valence electrons. The van der Waals surface area contributed by atoms with Crippen LogP contribution >= 0.6 is 0 Å². The van der Waals surface area contributed by atoms with Gasteiger partial charge in [-0.2, -0.15) is 0 Å². The van der Waals surface area contributed by atoms with E-state index < -0.39 is 12.3 Å². The van der Waals surface area contributed by atoms with Crippen LogP contribution in [0.3, 0.4) is 0 Å². The number of hydrogen-bond donors (Lipinski definition) is 0. The number of nitrogens with zero attached hydrogens (tertiary/aromatic N) is 1. The van der Waals surface area contributed by atoms with E-state index in [2.05, 4.69) is 5.16 Å². The smallest absolute Gasteiger partial charge is 0.343 e. The SMILES string of the molecule is CCOC(=O)c1c(C(OCC)OCC)noc1C. The number of rotatable bonds is 7. The fourth-order valence-corrected chi connectivity index (χ4v) is 1.51. The molecule has 1 aromatic rings. The molecule has 0 aliphatic heterocycles. The molecule has 1 aromatic heterocycles. The molecule has 0 aliphatic carbocycles. The van der Waals surface area contributed by atoms with Crippen LogP contribution in [-0.4, -0.2) is 30.9 Å². The average molecular weight is 257 g/mol. The minimum absolute atomic E-state index is 0.281. The van der Waals surface area contributed by atoms with Crippen LogP contribution in [0.2, 0.25) is 0 Å². The summed E-state index contributed by atoms with van der Waals surface area (Å²) in [6.07, 6.45) is -0.711. The Morgan fingerprint density at radius 1 is 1.22 bits per heavy atom. The second-order valence-corrected chi connectivity index (χ2v) is 3.46. The number of esters is 1. The lowest BCUT2D eigenvalue weighted by Crippen LogP contribution is -2.15. The van der Waals surface area contributed by atoms with Crippen molar-refractivity contribution >= 4 is 5.97 Å². The van der Waals surface area contributed by atoms with E-state index in [4.69, 9.17) is 18.7 Å². The molecule has 6 heteroatoms. The Labute approximate surface area is 106 Å². The first kappa shape index (κ1) is 14.7. The minimum atomic E-state index is -0.711. The lowest BCUT2D eigenvalue weighted by Gasteiger charge is -2.15. The van der Waals surface area contributed by atoms with Crippen LogP contribution in [0.1, 0.15) is 48.9 Å². The number of aromatic nitrogens is 1. The number of carbonyl (C=O) groups is 1. The first-order valence-corrected chi connectivity index (χ1v) is 6.02. The average Bonchev–Trinajstić information content (AvgIpc) is 2.71. The van der Waals surface area contributed by atoms with E-state index in [0.29, 0.717) is 24.7 Å². The molecule has 0 atom stereocenters. The van der Waals surface area contributed by atoms with Gasteiger partial charge in [0, 0.05) is 13.2 Å². The van der Waals surface area contributed by atoms with Gasteiger partial charge in [-0.15, -0.1) is 0 Å². The zero-order chi connectivity index (χ0) is 13.5. The first-order chi connectivity index (χ1) is 8.65. The van der Waals surface area contributed by atoms with Crippen LogP contribution in [0, 0.1) is 6.92 Å². The molecule has 0 spiro atoms. The van der Waals surface area contributed by atoms with Crippen molar-refractivity contribution < 1.29 is 23.5 Å². The summed E-state index contributed by atoms with van der Waals surface area (Å²) in [6.45, 7) is 8.24. The third kappa shape index (κ3) is 3.30. The molecule has 1 heterocycles. The fraction of sp³-hybridized carbons (Fsp3) is 0.667. The zero-order valence-electron chi connectivity index (χ0n) is 11.2. The van der Waals surface area contributed by atoms with Crippen molar-refractivity contribution in [1.82, 2.24) is 5.16 Å². The highest BCUT2D eigenvalue weighted by Crippen LogP contribution is 2.25. The second-order valence-electron chi connectivity index (χ2n) is 3.46. The van der Waals surface area contributed by atoms with Crippen molar-refractivity contribution in [1.29, 1.82) is 0 Å². The van der Waals surface area contributed by atoms with Crippen molar-refractivity contribution in [2.75, 3.05) is 19.8 Å². The summed E-state index contributed by atoms with van der Waals surface area (Å²) in [5.41, 5.74) is 0.610. The van der Waals surface area contributed by atoms with Crippen molar-refractivity contribution in [2.45, 2.75) is 34.0 Å². The van der Waals surface area contributed by atoms with Gasteiger partial charge in [-0.25, -0.2) is 4.79 Å². The summed E-state index contributed by atoms with van der Waals surface area (Å²) in [4.78, 5) is 11.8. The third-order valence-corrected chi connectivity index (χ3v) is 2.23. The van der Waals surface area contributed by atoms with Crippen molar-refractivity contribution in [3.05, 3.63) is 17.0 Å². The monoisotopic (exact) mass is 257 g/mol. The van der Waals surface area contributed by atoms with Gasteiger partial charge in [0.1, 0.15) is 11.3 Å². The second kappa shape index (κ2) is 7.13. The lowest BCUT2D eigenvalue weighted by atomic mass is 10.2. The molecule has 1 rings (SSSR count). The Hall–Kier alpha value is -1.40. The van der Waals surface area contributed by atoms with Gasteiger partial charge in [-0.3, -0.25) is 0 Å². The lowest BCUT2D eigenvalue weighted by molar-refractivity contribution is -0.144. The Bertz CT molecular complexity index is 382. The first-order valence-electron chi connectivity index (χ1n) is 6.02. The van der Waals surface area contributed by atoms with Gasteiger partial charge in [0.05, 0.1) is 6.61 Å². The topological polar surface area (TPSA) is 70.8 Å². The fourth-order valence-electron chi connectivity index (χ4n) is 1.51. The van der Waals surface area contributed by atoms with Gasteiger partial charge in [-0.1, -0.05) is 5.16 Å².